The molecule has 0 aliphatic carbocycles. The van der Waals surface area contributed by atoms with Crippen molar-refractivity contribution < 1.29 is 14.6 Å². The van der Waals surface area contributed by atoms with Gasteiger partial charge in [-0.2, -0.15) is 0 Å². The van der Waals surface area contributed by atoms with E-state index >= 15 is 0 Å². The Balaban J connectivity index is 3.05. The van der Waals surface area contributed by atoms with E-state index in [1.165, 1.54) is 0 Å². The van der Waals surface area contributed by atoms with Gasteiger partial charge in [-0.1, -0.05) is 46.8 Å². The molecular formula is C16H24O3. The molecule has 1 aromatic rings. The van der Waals surface area contributed by atoms with Crippen LogP contribution in [0.4, 0.5) is 0 Å². The molecule has 0 aliphatic heterocycles. The highest BCUT2D eigenvalue weighted by Crippen LogP contribution is 2.28. The predicted octanol–water partition coefficient (Wildman–Crippen LogP) is 3.65. The number of benzene rings is 1. The minimum Gasteiger partial charge on any atom is -0.493 e. The van der Waals surface area contributed by atoms with Crippen molar-refractivity contribution in [3.05, 3.63) is 29.3 Å². The molecule has 3 heteroatoms. The Morgan fingerprint density at radius 1 is 1.32 bits per heavy atom. The molecule has 1 rings (SSSR count). The van der Waals surface area contributed by atoms with Gasteiger partial charge in [-0.15, -0.1) is 0 Å². The van der Waals surface area contributed by atoms with Crippen molar-refractivity contribution in [3.8, 4) is 5.75 Å². The standard InChI is InChI=1S/C16H24O3/c1-11(2)10-19-14-7-6-13(16(3,4)5)8-12(14)9-15(17)18/h6-8,11H,9-10H2,1-5H3,(H,17,18). The fourth-order valence-corrected chi connectivity index (χ4v) is 1.74. The highest BCUT2D eigenvalue weighted by molar-refractivity contribution is 5.71. The van der Waals surface area contributed by atoms with E-state index in [-0.39, 0.29) is 11.8 Å². The SMILES string of the molecule is CC(C)COc1ccc(C(C)(C)C)cc1CC(=O)O. The second-order valence-electron chi connectivity index (χ2n) is 6.35. The number of hydrogen-bond acceptors (Lipinski definition) is 2. The van der Waals surface area contributed by atoms with E-state index < -0.39 is 5.97 Å². The Morgan fingerprint density at radius 3 is 2.42 bits per heavy atom. The highest BCUT2D eigenvalue weighted by Gasteiger charge is 2.17. The fraction of sp³-hybridized carbons (Fsp3) is 0.562. The molecule has 0 saturated carbocycles. The average molecular weight is 264 g/mol. The van der Waals surface area contributed by atoms with Gasteiger partial charge in [0.2, 0.25) is 0 Å². The number of rotatable bonds is 5. The fourth-order valence-electron chi connectivity index (χ4n) is 1.74. The molecule has 0 radical (unpaired) electrons. The molecule has 0 aromatic heterocycles. The predicted molar refractivity (Wildman–Crippen MR) is 76.8 cm³/mol. The van der Waals surface area contributed by atoms with Gasteiger partial charge < -0.3 is 9.84 Å². The lowest BCUT2D eigenvalue weighted by atomic mass is 9.85. The monoisotopic (exact) mass is 264 g/mol. The summed E-state index contributed by atoms with van der Waals surface area (Å²) in [6, 6.07) is 5.85. The van der Waals surface area contributed by atoms with Crippen molar-refractivity contribution in [2.45, 2.75) is 46.5 Å². The molecule has 0 aliphatic rings. The smallest absolute Gasteiger partial charge is 0.307 e. The van der Waals surface area contributed by atoms with Crippen LogP contribution in [-0.4, -0.2) is 17.7 Å². The second-order valence-corrected chi connectivity index (χ2v) is 6.35. The Kier molecular flexibility index (Phi) is 4.98. The molecule has 0 heterocycles. The number of ether oxygens (including phenoxy) is 1. The van der Waals surface area contributed by atoms with E-state index in [0.29, 0.717) is 18.3 Å². The Morgan fingerprint density at radius 2 is 1.95 bits per heavy atom. The van der Waals surface area contributed by atoms with Gasteiger partial charge >= 0.3 is 5.97 Å². The van der Waals surface area contributed by atoms with Crippen LogP contribution in [0, 0.1) is 5.92 Å². The number of carboxylic acid groups (broad SMARTS) is 1. The molecule has 0 saturated heterocycles. The molecule has 0 fully saturated rings. The molecule has 19 heavy (non-hydrogen) atoms. The highest BCUT2D eigenvalue weighted by atomic mass is 16.5. The van der Waals surface area contributed by atoms with Crippen molar-refractivity contribution in [1.29, 1.82) is 0 Å². The van der Waals surface area contributed by atoms with Crippen molar-refractivity contribution >= 4 is 5.97 Å². The lowest BCUT2D eigenvalue weighted by molar-refractivity contribution is -0.136. The van der Waals surface area contributed by atoms with Gasteiger partial charge in [0, 0.05) is 5.56 Å². The second kappa shape index (κ2) is 6.09. The minimum atomic E-state index is -0.833. The lowest BCUT2D eigenvalue weighted by Crippen LogP contribution is -2.14. The summed E-state index contributed by atoms with van der Waals surface area (Å²) >= 11 is 0. The normalized spacial score (nSPS) is 11.7. The minimum absolute atomic E-state index is 0.00263. The summed E-state index contributed by atoms with van der Waals surface area (Å²) in [7, 11) is 0. The third kappa shape index (κ3) is 4.93. The van der Waals surface area contributed by atoms with Gasteiger partial charge in [-0.25, -0.2) is 0 Å². The zero-order valence-corrected chi connectivity index (χ0v) is 12.5. The molecule has 1 aromatic carbocycles. The van der Waals surface area contributed by atoms with E-state index in [0.717, 1.165) is 11.1 Å². The zero-order valence-electron chi connectivity index (χ0n) is 12.5. The number of carbonyl (C=O) groups is 1. The topological polar surface area (TPSA) is 46.5 Å². The lowest BCUT2D eigenvalue weighted by Gasteiger charge is -2.21. The number of aliphatic carboxylic acids is 1. The van der Waals surface area contributed by atoms with Crippen LogP contribution in [0.2, 0.25) is 0 Å². The molecule has 106 valence electrons. The molecule has 0 spiro atoms. The van der Waals surface area contributed by atoms with E-state index in [2.05, 4.69) is 34.6 Å². The summed E-state index contributed by atoms with van der Waals surface area (Å²) in [5.41, 5.74) is 1.88. The molecule has 0 amide bonds. The first-order valence-electron chi connectivity index (χ1n) is 6.68. The van der Waals surface area contributed by atoms with Gasteiger partial charge in [-0.05, 0) is 23.0 Å². The first kappa shape index (κ1) is 15.5. The summed E-state index contributed by atoms with van der Waals surface area (Å²) in [6.45, 7) is 11.1. The van der Waals surface area contributed by atoms with Gasteiger partial charge in [0.25, 0.3) is 0 Å². The van der Waals surface area contributed by atoms with E-state index in [1.807, 2.05) is 18.2 Å². The molecule has 0 atom stereocenters. The maximum absolute atomic E-state index is 11.0. The van der Waals surface area contributed by atoms with Crippen LogP contribution in [-0.2, 0) is 16.6 Å². The molecular weight excluding hydrogens is 240 g/mol. The van der Waals surface area contributed by atoms with Crippen LogP contribution in [0.5, 0.6) is 5.75 Å². The van der Waals surface area contributed by atoms with E-state index in [9.17, 15) is 4.79 Å². The van der Waals surface area contributed by atoms with Crippen LogP contribution >= 0.6 is 0 Å². The molecule has 0 unspecified atom stereocenters. The summed E-state index contributed by atoms with van der Waals surface area (Å²) in [4.78, 5) is 11.0. The third-order valence-electron chi connectivity index (χ3n) is 2.84. The zero-order chi connectivity index (χ0) is 14.6. The molecule has 1 N–H and O–H groups in total. The van der Waals surface area contributed by atoms with Gasteiger partial charge in [0.1, 0.15) is 5.75 Å². The number of carboxylic acids is 1. The largest absolute Gasteiger partial charge is 0.493 e. The van der Waals surface area contributed by atoms with E-state index in [1.54, 1.807) is 0 Å². The maximum atomic E-state index is 11.0. The van der Waals surface area contributed by atoms with Gasteiger partial charge in [0.05, 0.1) is 13.0 Å². The molecule has 0 bridgehead atoms. The van der Waals surface area contributed by atoms with E-state index in [4.69, 9.17) is 9.84 Å². The van der Waals surface area contributed by atoms with Crippen LogP contribution in [0.1, 0.15) is 45.7 Å². The van der Waals surface area contributed by atoms with Crippen LogP contribution in [0.3, 0.4) is 0 Å². The Labute approximate surface area is 115 Å². The average Bonchev–Trinajstić information content (AvgIpc) is 2.25. The Bertz CT molecular complexity index is 442. The van der Waals surface area contributed by atoms with Crippen LogP contribution < -0.4 is 4.74 Å². The quantitative estimate of drug-likeness (QED) is 0.883. The summed E-state index contributed by atoms with van der Waals surface area (Å²) < 4.78 is 5.70. The van der Waals surface area contributed by atoms with Crippen LogP contribution in [0.15, 0.2) is 18.2 Å². The van der Waals surface area contributed by atoms with Gasteiger partial charge in [-0.3, -0.25) is 4.79 Å². The van der Waals surface area contributed by atoms with Gasteiger partial charge in [0.15, 0.2) is 0 Å². The van der Waals surface area contributed by atoms with Crippen molar-refractivity contribution in [2.24, 2.45) is 5.92 Å². The van der Waals surface area contributed by atoms with Crippen molar-refractivity contribution in [3.63, 3.8) is 0 Å². The Hall–Kier alpha value is -1.51. The first-order valence-corrected chi connectivity index (χ1v) is 6.68. The number of hydrogen-bond donors (Lipinski definition) is 1. The maximum Gasteiger partial charge on any atom is 0.307 e. The third-order valence-corrected chi connectivity index (χ3v) is 2.84. The summed E-state index contributed by atoms with van der Waals surface area (Å²) in [6.07, 6.45) is -0.00263. The van der Waals surface area contributed by atoms with Crippen molar-refractivity contribution in [2.75, 3.05) is 6.61 Å². The van der Waals surface area contributed by atoms with Crippen LogP contribution in [0.25, 0.3) is 0 Å². The summed E-state index contributed by atoms with van der Waals surface area (Å²) in [5.74, 6) is 0.268. The first-order chi connectivity index (χ1) is 8.70. The van der Waals surface area contributed by atoms with Crippen molar-refractivity contribution in [1.82, 2.24) is 0 Å². The molecule has 3 nitrogen and oxygen atoms in total. The summed E-state index contributed by atoms with van der Waals surface area (Å²) in [5, 5.41) is 9.01.